The van der Waals surface area contributed by atoms with Crippen molar-refractivity contribution in [1.82, 2.24) is 41.1 Å². The standard InChI is InChI=1S/C47H61N9O7/c1-29-24-39(43(59)51-37-20-22-56(23-21-37)45(61)63-47(5,6)7)48-28-38(29)32-12-8-30(9-13-32)25-35(42(58)50-36-18-16-34(17-19-36)41-52-54-55-53-41)26-40(57)33-14-10-31(11-15-33)27-49-44(60)62-46(2,3)4/h8-9,12-13,16-19,24,28,31,33,35,37H,10-11,14-15,20-23,25-27H2,1-7H3,(H,49,60)(H,50,58)(H,51,59)(H,52,53,54,55)/t31?,33?,35-/m1/s1. The van der Waals surface area contributed by atoms with E-state index in [0.29, 0.717) is 68.9 Å². The van der Waals surface area contributed by atoms with Crippen molar-refractivity contribution < 1.29 is 33.4 Å². The van der Waals surface area contributed by atoms with E-state index in [4.69, 9.17) is 9.47 Å². The summed E-state index contributed by atoms with van der Waals surface area (Å²) in [5, 5.41) is 23.0. The number of carbonyl (C=O) groups is 5. The number of hydrogen-bond acceptors (Lipinski definition) is 11. The average Bonchev–Trinajstić information content (AvgIpc) is 3.78. The van der Waals surface area contributed by atoms with Gasteiger partial charge in [0, 0.05) is 66.9 Å². The first-order valence-corrected chi connectivity index (χ1v) is 21.9. The lowest BCUT2D eigenvalue weighted by molar-refractivity contribution is -0.129. The molecule has 2 aliphatic rings. The molecule has 6 rings (SSSR count). The SMILES string of the molecule is Cc1cc(C(=O)NC2CCN(C(=O)OC(C)(C)C)CC2)ncc1-c1ccc(C[C@H](CC(=O)C2CCC(CNC(=O)OC(C)(C)C)CC2)C(=O)Nc2ccc(-c3nn[nH]n3)cc2)cc1. The molecular formula is C47H61N9O7. The van der Waals surface area contributed by atoms with Crippen molar-refractivity contribution in [2.45, 2.75) is 117 Å². The van der Waals surface area contributed by atoms with Crippen LogP contribution >= 0.6 is 0 Å². The number of rotatable bonds is 13. The molecule has 0 spiro atoms. The molecule has 1 aliphatic carbocycles. The normalized spacial score (nSPS) is 17.6. The Balaban J connectivity index is 1.07. The molecule has 336 valence electrons. The van der Waals surface area contributed by atoms with E-state index in [2.05, 4.69) is 41.6 Å². The second kappa shape index (κ2) is 20.3. The number of hydrogen-bond donors (Lipinski definition) is 4. The summed E-state index contributed by atoms with van der Waals surface area (Å²) in [5.41, 5.74) is 4.05. The number of likely N-dealkylation sites (tertiary alicyclic amines) is 1. The number of piperidine rings is 1. The molecule has 1 atom stereocenters. The lowest BCUT2D eigenvalue weighted by Gasteiger charge is -2.33. The van der Waals surface area contributed by atoms with E-state index >= 15 is 0 Å². The number of amides is 4. The Morgan fingerprint density at radius 3 is 2.10 bits per heavy atom. The van der Waals surface area contributed by atoms with Crippen LogP contribution in [0.15, 0.2) is 60.8 Å². The van der Waals surface area contributed by atoms with Crippen LogP contribution in [0.4, 0.5) is 15.3 Å². The van der Waals surface area contributed by atoms with Crippen molar-refractivity contribution in [1.29, 1.82) is 0 Å². The highest BCUT2D eigenvalue weighted by Gasteiger charge is 2.32. The Morgan fingerprint density at radius 1 is 0.841 bits per heavy atom. The van der Waals surface area contributed by atoms with Gasteiger partial charge in [-0.05, 0) is 152 Å². The number of ether oxygens (including phenoxy) is 2. The molecule has 0 radical (unpaired) electrons. The molecule has 4 amide bonds. The van der Waals surface area contributed by atoms with Crippen LogP contribution in [0, 0.1) is 24.7 Å². The third-order valence-corrected chi connectivity index (χ3v) is 11.4. The Kier molecular flexibility index (Phi) is 14.9. The summed E-state index contributed by atoms with van der Waals surface area (Å²) in [5.74, 6) is -0.546. The first-order valence-electron chi connectivity index (χ1n) is 21.9. The number of aryl methyl sites for hydroxylation is 1. The van der Waals surface area contributed by atoms with Gasteiger partial charge >= 0.3 is 12.2 Å². The number of tetrazole rings is 1. The van der Waals surface area contributed by atoms with E-state index in [-0.39, 0.29) is 48.0 Å². The number of H-pyrrole nitrogens is 1. The third-order valence-electron chi connectivity index (χ3n) is 11.4. The lowest BCUT2D eigenvalue weighted by Crippen LogP contribution is -2.47. The molecule has 1 saturated carbocycles. The van der Waals surface area contributed by atoms with Gasteiger partial charge in [-0.1, -0.05) is 24.3 Å². The van der Waals surface area contributed by atoms with Gasteiger partial charge in [-0.15, -0.1) is 10.2 Å². The number of Topliss-reactive ketones (excluding diaryl/α,β-unsaturated/α-hetero) is 1. The quantitative estimate of drug-likeness (QED) is 0.104. The summed E-state index contributed by atoms with van der Waals surface area (Å²) in [7, 11) is 0. The van der Waals surface area contributed by atoms with Gasteiger partial charge in [0.05, 0.1) is 0 Å². The molecule has 63 heavy (non-hydrogen) atoms. The highest BCUT2D eigenvalue weighted by atomic mass is 16.6. The predicted molar refractivity (Wildman–Crippen MR) is 237 cm³/mol. The predicted octanol–water partition coefficient (Wildman–Crippen LogP) is 7.45. The van der Waals surface area contributed by atoms with E-state index < -0.39 is 23.2 Å². The van der Waals surface area contributed by atoms with Crippen LogP contribution in [-0.2, 0) is 25.5 Å². The smallest absolute Gasteiger partial charge is 0.410 e. The molecule has 2 aromatic heterocycles. The minimum Gasteiger partial charge on any atom is -0.444 e. The van der Waals surface area contributed by atoms with E-state index in [1.807, 2.05) is 72.7 Å². The van der Waals surface area contributed by atoms with Crippen LogP contribution in [0.5, 0.6) is 0 Å². The lowest BCUT2D eigenvalue weighted by atomic mass is 9.77. The summed E-state index contributed by atoms with van der Waals surface area (Å²) in [6.07, 6.45) is 5.60. The maximum Gasteiger partial charge on any atom is 0.410 e. The Morgan fingerprint density at radius 2 is 1.49 bits per heavy atom. The number of benzene rings is 2. The van der Waals surface area contributed by atoms with Crippen molar-refractivity contribution in [3.8, 4) is 22.5 Å². The van der Waals surface area contributed by atoms with E-state index in [1.54, 1.807) is 41.4 Å². The summed E-state index contributed by atoms with van der Waals surface area (Å²) in [4.78, 5) is 71.9. The number of carbonyl (C=O) groups excluding carboxylic acids is 5. The van der Waals surface area contributed by atoms with Crippen molar-refractivity contribution in [3.63, 3.8) is 0 Å². The number of nitrogens with zero attached hydrogens (tertiary/aromatic N) is 5. The number of aromatic amines is 1. The number of alkyl carbamates (subject to hydrolysis) is 1. The number of anilines is 1. The molecule has 0 bridgehead atoms. The first-order chi connectivity index (χ1) is 29.9. The van der Waals surface area contributed by atoms with E-state index in [9.17, 15) is 24.0 Å². The molecule has 4 N–H and O–H groups in total. The topological polar surface area (TPSA) is 210 Å². The van der Waals surface area contributed by atoms with Gasteiger partial charge in [0.2, 0.25) is 11.7 Å². The van der Waals surface area contributed by atoms with Crippen LogP contribution in [0.3, 0.4) is 0 Å². The first kappa shape index (κ1) is 46.3. The van der Waals surface area contributed by atoms with E-state index in [1.165, 1.54) is 0 Å². The van der Waals surface area contributed by atoms with Crippen molar-refractivity contribution in [3.05, 3.63) is 77.6 Å². The minimum atomic E-state index is -0.627. The highest BCUT2D eigenvalue weighted by Crippen LogP contribution is 2.32. The van der Waals surface area contributed by atoms with Gasteiger partial charge in [-0.25, -0.2) is 9.59 Å². The molecular weight excluding hydrogens is 803 g/mol. The average molecular weight is 864 g/mol. The molecule has 1 saturated heterocycles. The molecule has 16 nitrogen and oxygen atoms in total. The molecule has 2 aromatic carbocycles. The Labute approximate surface area is 369 Å². The number of ketones is 1. The number of nitrogens with one attached hydrogen (secondary N) is 4. The van der Waals surface area contributed by atoms with Crippen LogP contribution in [-0.4, -0.2) is 97.2 Å². The molecule has 2 fully saturated rings. The minimum absolute atomic E-state index is 0.0647. The molecule has 1 aliphatic heterocycles. The summed E-state index contributed by atoms with van der Waals surface area (Å²) in [6.45, 7) is 14.4. The summed E-state index contributed by atoms with van der Waals surface area (Å²) >= 11 is 0. The monoisotopic (exact) mass is 863 g/mol. The largest absolute Gasteiger partial charge is 0.444 e. The maximum atomic E-state index is 14.0. The van der Waals surface area contributed by atoms with Gasteiger partial charge in [0.1, 0.15) is 22.7 Å². The van der Waals surface area contributed by atoms with Gasteiger partial charge in [-0.3, -0.25) is 19.4 Å². The Hall–Kier alpha value is -6.19. The fraction of sp³-hybridized carbons (Fsp3) is 0.511. The zero-order valence-electron chi connectivity index (χ0n) is 37.5. The number of aromatic nitrogens is 5. The molecule has 0 unspecified atom stereocenters. The fourth-order valence-electron chi connectivity index (χ4n) is 8.01. The van der Waals surface area contributed by atoms with Gasteiger partial charge < -0.3 is 30.3 Å². The fourth-order valence-corrected chi connectivity index (χ4v) is 8.01. The van der Waals surface area contributed by atoms with Gasteiger partial charge in [-0.2, -0.15) is 5.21 Å². The third kappa shape index (κ3) is 13.6. The Bertz CT molecular complexity index is 2200. The summed E-state index contributed by atoms with van der Waals surface area (Å²) in [6, 6.07) is 16.7. The van der Waals surface area contributed by atoms with Crippen LogP contribution in [0.2, 0.25) is 0 Å². The maximum absolute atomic E-state index is 14.0. The number of pyridine rings is 1. The van der Waals surface area contributed by atoms with Crippen molar-refractivity contribution in [2.24, 2.45) is 17.8 Å². The molecule has 3 heterocycles. The van der Waals surface area contributed by atoms with Crippen LogP contribution in [0.25, 0.3) is 22.5 Å². The van der Waals surface area contributed by atoms with Crippen molar-refractivity contribution >= 4 is 35.5 Å². The van der Waals surface area contributed by atoms with Crippen LogP contribution < -0.4 is 16.0 Å². The molecule has 16 heteroatoms. The van der Waals surface area contributed by atoms with Gasteiger partial charge in [0.25, 0.3) is 5.91 Å². The van der Waals surface area contributed by atoms with Gasteiger partial charge in [0.15, 0.2) is 0 Å². The highest BCUT2D eigenvalue weighted by molar-refractivity contribution is 5.96. The van der Waals surface area contributed by atoms with Crippen LogP contribution in [0.1, 0.15) is 108 Å². The zero-order chi connectivity index (χ0) is 45.3. The van der Waals surface area contributed by atoms with E-state index in [0.717, 1.165) is 40.7 Å². The van der Waals surface area contributed by atoms with Crippen molar-refractivity contribution in [2.75, 3.05) is 25.0 Å². The molecule has 4 aromatic rings. The second-order valence-electron chi connectivity index (χ2n) is 18.8. The zero-order valence-corrected chi connectivity index (χ0v) is 37.5. The second-order valence-corrected chi connectivity index (χ2v) is 18.8. The summed E-state index contributed by atoms with van der Waals surface area (Å²) < 4.78 is 10.9.